The van der Waals surface area contributed by atoms with Crippen LogP contribution in [0.3, 0.4) is 0 Å². The minimum absolute atomic E-state index is 0.0469. The second kappa shape index (κ2) is 14.0. The van der Waals surface area contributed by atoms with Crippen molar-refractivity contribution in [2.75, 3.05) is 13.7 Å². The van der Waals surface area contributed by atoms with Crippen molar-refractivity contribution in [2.45, 2.75) is 26.2 Å². The van der Waals surface area contributed by atoms with Crippen molar-refractivity contribution in [2.24, 2.45) is 0 Å². The number of phenols is 2. The first kappa shape index (κ1) is 30.5. The number of hydrogen-bond donors (Lipinski definition) is 2. The van der Waals surface area contributed by atoms with Gasteiger partial charge in [-0.05, 0) is 30.7 Å². The topological polar surface area (TPSA) is 136 Å². The number of aromatic hydroxyl groups is 2. The highest BCUT2D eigenvalue weighted by molar-refractivity contribution is 6.24. The molecule has 0 fully saturated rings. The number of hydrogen-bond acceptors (Lipinski definition) is 9. The standard InChI is InChI=1S/C34H30O9/c1-3-4-13-20-42-34(40)25-26(28(35)21-14-7-5-8-15-21)30(37)31(38)32(43-33(39)22-16-9-6-10-17-22)27(25)29(36)23-18-11-12-19-24(23)41-2/h5-12,14-19,37-38H,3-4,13,20H2,1-2H3. The number of benzene rings is 4. The Bertz CT molecular complexity index is 1640. The fourth-order valence-electron chi connectivity index (χ4n) is 4.46. The molecule has 0 amide bonds. The van der Waals surface area contributed by atoms with E-state index in [1.165, 1.54) is 43.5 Å². The third kappa shape index (κ3) is 6.56. The number of ether oxygens (including phenoxy) is 3. The number of esters is 2. The minimum atomic E-state index is -1.12. The summed E-state index contributed by atoms with van der Waals surface area (Å²) in [4.78, 5) is 54.9. The molecule has 220 valence electrons. The first-order valence-electron chi connectivity index (χ1n) is 13.6. The van der Waals surface area contributed by atoms with Crippen LogP contribution in [0.15, 0.2) is 84.9 Å². The number of unbranched alkanes of at least 4 members (excludes halogenated alkanes) is 2. The molecule has 9 heteroatoms. The predicted octanol–water partition coefficient (Wildman–Crippen LogP) is 6.13. The predicted molar refractivity (Wildman–Crippen MR) is 157 cm³/mol. The van der Waals surface area contributed by atoms with Gasteiger partial charge < -0.3 is 24.4 Å². The van der Waals surface area contributed by atoms with Crippen molar-refractivity contribution in [1.29, 1.82) is 0 Å². The molecular weight excluding hydrogens is 552 g/mol. The molecule has 0 aliphatic carbocycles. The Labute approximate surface area is 248 Å². The van der Waals surface area contributed by atoms with Gasteiger partial charge >= 0.3 is 11.9 Å². The molecule has 0 atom stereocenters. The summed E-state index contributed by atoms with van der Waals surface area (Å²) in [6, 6.07) is 21.5. The molecule has 0 saturated heterocycles. The molecule has 0 saturated carbocycles. The van der Waals surface area contributed by atoms with Crippen LogP contribution in [-0.4, -0.2) is 47.4 Å². The summed E-state index contributed by atoms with van der Waals surface area (Å²) in [5, 5.41) is 22.4. The molecule has 4 aromatic carbocycles. The lowest BCUT2D eigenvalue weighted by Gasteiger charge is -2.20. The van der Waals surface area contributed by atoms with Gasteiger partial charge in [-0.2, -0.15) is 0 Å². The lowest BCUT2D eigenvalue weighted by molar-refractivity contribution is 0.0489. The lowest BCUT2D eigenvalue weighted by atomic mass is 9.88. The maximum atomic E-state index is 14.3. The Hall–Kier alpha value is -5.44. The fourth-order valence-corrected chi connectivity index (χ4v) is 4.46. The highest BCUT2D eigenvalue weighted by Gasteiger charge is 2.38. The molecule has 0 bridgehead atoms. The molecular formula is C34H30O9. The van der Waals surface area contributed by atoms with E-state index < -0.39 is 57.4 Å². The van der Waals surface area contributed by atoms with E-state index >= 15 is 0 Å². The maximum absolute atomic E-state index is 14.3. The van der Waals surface area contributed by atoms with E-state index in [-0.39, 0.29) is 29.0 Å². The van der Waals surface area contributed by atoms with Gasteiger partial charge in [0, 0.05) is 5.56 Å². The second-order valence-electron chi connectivity index (χ2n) is 9.47. The molecule has 4 rings (SSSR count). The van der Waals surface area contributed by atoms with E-state index in [1.807, 2.05) is 6.92 Å². The van der Waals surface area contributed by atoms with E-state index in [0.29, 0.717) is 6.42 Å². The van der Waals surface area contributed by atoms with Gasteiger partial charge in [-0.3, -0.25) is 9.59 Å². The first-order valence-corrected chi connectivity index (χ1v) is 13.6. The number of rotatable bonds is 12. The van der Waals surface area contributed by atoms with Crippen LogP contribution in [0.4, 0.5) is 0 Å². The number of methoxy groups -OCH3 is 1. The molecule has 0 spiro atoms. The van der Waals surface area contributed by atoms with Crippen molar-refractivity contribution in [3.8, 4) is 23.0 Å². The van der Waals surface area contributed by atoms with Gasteiger partial charge in [0.2, 0.25) is 11.5 Å². The highest BCUT2D eigenvalue weighted by atomic mass is 16.5. The Balaban J connectivity index is 2.03. The molecule has 0 radical (unpaired) electrons. The molecule has 0 heterocycles. The van der Waals surface area contributed by atoms with Gasteiger partial charge in [0.05, 0.1) is 41.5 Å². The van der Waals surface area contributed by atoms with Crippen LogP contribution in [0.2, 0.25) is 0 Å². The van der Waals surface area contributed by atoms with Crippen molar-refractivity contribution in [1.82, 2.24) is 0 Å². The van der Waals surface area contributed by atoms with Crippen LogP contribution >= 0.6 is 0 Å². The number of ketones is 2. The number of phenolic OH excluding ortho intramolecular Hbond substituents is 2. The smallest absolute Gasteiger partial charge is 0.343 e. The summed E-state index contributed by atoms with van der Waals surface area (Å²) in [6.07, 6.45) is 2.09. The summed E-state index contributed by atoms with van der Waals surface area (Å²) in [5.74, 6) is -6.75. The Morgan fingerprint density at radius 2 is 1.26 bits per heavy atom. The van der Waals surface area contributed by atoms with Gasteiger partial charge in [0.25, 0.3) is 0 Å². The molecule has 0 aliphatic rings. The maximum Gasteiger partial charge on any atom is 0.343 e. The van der Waals surface area contributed by atoms with Crippen LogP contribution in [0.25, 0.3) is 0 Å². The molecule has 0 unspecified atom stereocenters. The minimum Gasteiger partial charge on any atom is -0.504 e. The largest absolute Gasteiger partial charge is 0.504 e. The summed E-state index contributed by atoms with van der Waals surface area (Å²) in [5.41, 5.74) is -1.93. The second-order valence-corrected chi connectivity index (χ2v) is 9.47. The van der Waals surface area contributed by atoms with Crippen molar-refractivity contribution >= 4 is 23.5 Å². The van der Waals surface area contributed by atoms with E-state index in [2.05, 4.69) is 0 Å². The molecule has 0 aromatic heterocycles. The summed E-state index contributed by atoms with van der Waals surface area (Å²) >= 11 is 0. The average Bonchev–Trinajstić information content (AvgIpc) is 3.05. The van der Waals surface area contributed by atoms with Gasteiger partial charge in [0.15, 0.2) is 17.3 Å². The van der Waals surface area contributed by atoms with Crippen molar-refractivity contribution in [3.63, 3.8) is 0 Å². The third-order valence-electron chi connectivity index (χ3n) is 6.63. The zero-order chi connectivity index (χ0) is 30.9. The molecule has 2 N–H and O–H groups in total. The lowest BCUT2D eigenvalue weighted by Crippen LogP contribution is -2.22. The van der Waals surface area contributed by atoms with Gasteiger partial charge in [-0.25, -0.2) is 9.59 Å². The highest BCUT2D eigenvalue weighted by Crippen LogP contribution is 2.47. The fraction of sp³-hybridized carbons (Fsp3) is 0.176. The zero-order valence-electron chi connectivity index (χ0n) is 23.7. The Morgan fingerprint density at radius 1 is 0.651 bits per heavy atom. The SMILES string of the molecule is CCCCCOC(=O)c1c(C(=O)c2ccccc2)c(O)c(O)c(OC(=O)c2ccccc2)c1C(=O)c1ccccc1OC. The monoisotopic (exact) mass is 582 g/mol. The summed E-state index contributed by atoms with van der Waals surface area (Å²) in [7, 11) is 1.34. The van der Waals surface area contributed by atoms with Gasteiger partial charge in [0.1, 0.15) is 5.75 Å². The van der Waals surface area contributed by atoms with E-state index in [9.17, 15) is 29.4 Å². The number of carbonyl (C=O) groups excluding carboxylic acids is 4. The molecule has 43 heavy (non-hydrogen) atoms. The normalized spacial score (nSPS) is 10.6. The van der Waals surface area contributed by atoms with Crippen molar-refractivity contribution < 1.29 is 43.6 Å². The quantitative estimate of drug-likeness (QED) is 0.0664. The number of para-hydroxylation sites is 1. The first-order chi connectivity index (χ1) is 20.8. The summed E-state index contributed by atoms with van der Waals surface area (Å²) in [6.45, 7) is 1.92. The Morgan fingerprint density at radius 3 is 1.88 bits per heavy atom. The average molecular weight is 583 g/mol. The van der Waals surface area contributed by atoms with Crippen molar-refractivity contribution in [3.05, 3.63) is 118 Å². The van der Waals surface area contributed by atoms with Gasteiger partial charge in [-0.1, -0.05) is 80.4 Å². The van der Waals surface area contributed by atoms with E-state index in [0.717, 1.165) is 12.8 Å². The molecule has 0 aliphatic heterocycles. The van der Waals surface area contributed by atoms with E-state index in [1.54, 1.807) is 48.5 Å². The third-order valence-corrected chi connectivity index (χ3v) is 6.63. The van der Waals surface area contributed by atoms with Crippen LogP contribution in [0.5, 0.6) is 23.0 Å². The van der Waals surface area contributed by atoms with Crippen LogP contribution in [0, 0.1) is 0 Å². The molecule has 4 aromatic rings. The van der Waals surface area contributed by atoms with Crippen LogP contribution in [-0.2, 0) is 4.74 Å². The summed E-state index contributed by atoms with van der Waals surface area (Å²) < 4.78 is 16.3. The molecule has 9 nitrogen and oxygen atoms in total. The zero-order valence-corrected chi connectivity index (χ0v) is 23.7. The van der Waals surface area contributed by atoms with Crippen LogP contribution < -0.4 is 9.47 Å². The Kier molecular flexibility index (Phi) is 9.90. The number of carbonyl (C=O) groups is 4. The van der Waals surface area contributed by atoms with Crippen LogP contribution in [0.1, 0.15) is 78.7 Å². The van der Waals surface area contributed by atoms with Gasteiger partial charge in [-0.15, -0.1) is 0 Å². The van der Waals surface area contributed by atoms with E-state index in [4.69, 9.17) is 14.2 Å².